The molecule has 1 aromatic heterocycles. The van der Waals surface area contributed by atoms with Gasteiger partial charge in [-0.15, -0.1) is 0 Å². The number of hydrogen-bond donors (Lipinski definition) is 1. The maximum Gasteiger partial charge on any atom is 0.274 e. The fraction of sp³-hybridized carbons (Fsp3) is 0.429. The number of benzene rings is 1. The van der Waals surface area contributed by atoms with Crippen molar-refractivity contribution in [3.05, 3.63) is 59.4 Å². The Labute approximate surface area is 165 Å². The molecule has 0 atom stereocenters. The summed E-state index contributed by atoms with van der Waals surface area (Å²) in [6.07, 6.45) is 6.26. The molecular weight excluding hydrogens is 359 g/mol. The van der Waals surface area contributed by atoms with Gasteiger partial charge in [0, 0.05) is 32.3 Å². The summed E-state index contributed by atoms with van der Waals surface area (Å²) in [5.41, 5.74) is 1.71. The van der Waals surface area contributed by atoms with Crippen molar-refractivity contribution >= 4 is 11.8 Å². The Hall–Kier alpha value is -2.83. The van der Waals surface area contributed by atoms with E-state index in [2.05, 4.69) is 22.2 Å². The van der Waals surface area contributed by atoms with Crippen molar-refractivity contribution in [1.29, 1.82) is 0 Å². The van der Waals surface area contributed by atoms with Crippen LogP contribution in [-0.2, 0) is 11.3 Å². The van der Waals surface area contributed by atoms with Crippen molar-refractivity contribution in [2.45, 2.75) is 46.1 Å². The first-order valence-corrected chi connectivity index (χ1v) is 9.58. The fourth-order valence-corrected chi connectivity index (χ4v) is 2.66. The summed E-state index contributed by atoms with van der Waals surface area (Å²) >= 11 is 0. The zero-order valence-electron chi connectivity index (χ0n) is 16.4. The smallest absolute Gasteiger partial charge is 0.274 e. The van der Waals surface area contributed by atoms with Gasteiger partial charge in [0.25, 0.3) is 5.91 Å². The molecule has 2 amide bonds. The first kappa shape index (κ1) is 21.5. The van der Waals surface area contributed by atoms with E-state index in [1.54, 1.807) is 19.1 Å². The van der Waals surface area contributed by atoms with Gasteiger partial charge in [0.2, 0.25) is 5.91 Å². The summed E-state index contributed by atoms with van der Waals surface area (Å²) in [5.74, 6) is -0.740. The number of halogens is 1. The molecule has 0 saturated heterocycles. The van der Waals surface area contributed by atoms with Gasteiger partial charge in [-0.3, -0.25) is 14.6 Å². The highest BCUT2D eigenvalue weighted by Crippen LogP contribution is 2.11. The summed E-state index contributed by atoms with van der Waals surface area (Å²) in [6.45, 7) is 5.04. The molecule has 0 unspecified atom stereocenters. The molecule has 0 saturated carbocycles. The number of hydrogen-bond acceptors (Lipinski definition) is 4. The van der Waals surface area contributed by atoms with Crippen LogP contribution >= 0.6 is 0 Å². The average Bonchev–Trinajstić information content (AvgIpc) is 2.70. The van der Waals surface area contributed by atoms with Gasteiger partial charge in [0.05, 0.1) is 11.9 Å². The van der Waals surface area contributed by atoms with E-state index >= 15 is 0 Å². The second kappa shape index (κ2) is 11.1. The van der Waals surface area contributed by atoms with Crippen LogP contribution in [0.4, 0.5) is 4.39 Å². The highest BCUT2D eigenvalue weighted by molar-refractivity contribution is 5.92. The molecule has 1 aromatic carbocycles. The van der Waals surface area contributed by atoms with Crippen LogP contribution < -0.4 is 5.32 Å². The lowest BCUT2D eigenvalue weighted by Gasteiger charge is -2.22. The molecule has 0 bridgehead atoms. The minimum Gasteiger partial charge on any atom is -0.356 e. The van der Waals surface area contributed by atoms with Crippen molar-refractivity contribution in [2.24, 2.45) is 0 Å². The van der Waals surface area contributed by atoms with Crippen LogP contribution in [0.25, 0.3) is 0 Å². The Morgan fingerprint density at radius 2 is 1.86 bits per heavy atom. The molecule has 0 aliphatic heterocycles. The van der Waals surface area contributed by atoms with Crippen LogP contribution in [0.1, 0.15) is 54.4 Å². The Morgan fingerprint density at radius 3 is 2.50 bits per heavy atom. The Kier molecular flexibility index (Phi) is 8.52. The van der Waals surface area contributed by atoms with Crippen molar-refractivity contribution in [3.63, 3.8) is 0 Å². The number of carbonyl (C=O) groups is 2. The molecule has 6 nitrogen and oxygen atoms in total. The lowest BCUT2D eigenvalue weighted by Crippen LogP contribution is -2.35. The number of nitrogens with one attached hydrogen (secondary N) is 1. The van der Waals surface area contributed by atoms with Crippen molar-refractivity contribution in [3.8, 4) is 0 Å². The van der Waals surface area contributed by atoms with Crippen LogP contribution in [0.2, 0.25) is 0 Å². The number of nitrogens with zero attached hydrogens (tertiary/aromatic N) is 3. The first-order chi connectivity index (χ1) is 13.5. The van der Waals surface area contributed by atoms with E-state index in [1.165, 1.54) is 29.4 Å². The van der Waals surface area contributed by atoms with E-state index < -0.39 is 0 Å². The number of amides is 2. The van der Waals surface area contributed by atoms with Gasteiger partial charge in [-0.25, -0.2) is 9.37 Å². The average molecular weight is 386 g/mol. The summed E-state index contributed by atoms with van der Waals surface area (Å²) in [6, 6.07) is 5.96. The van der Waals surface area contributed by atoms with Crippen LogP contribution in [0.3, 0.4) is 0 Å². The van der Waals surface area contributed by atoms with Gasteiger partial charge >= 0.3 is 0 Å². The molecule has 0 spiro atoms. The molecule has 1 heterocycles. The quantitative estimate of drug-likeness (QED) is 0.636. The molecule has 2 rings (SSSR count). The van der Waals surface area contributed by atoms with E-state index in [0.29, 0.717) is 12.2 Å². The molecule has 150 valence electrons. The zero-order chi connectivity index (χ0) is 20.4. The normalized spacial score (nSPS) is 10.5. The third kappa shape index (κ3) is 7.06. The van der Waals surface area contributed by atoms with Gasteiger partial charge < -0.3 is 10.2 Å². The van der Waals surface area contributed by atoms with Gasteiger partial charge in [-0.2, -0.15) is 0 Å². The van der Waals surface area contributed by atoms with E-state index in [4.69, 9.17) is 0 Å². The fourth-order valence-electron chi connectivity index (χ4n) is 2.66. The summed E-state index contributed by atoms with van der Waals surface area (Å²) in [7, 11) is 0. The van der Waals surface area contributed by atoms with Crippen molar-refractivity contribution in [1.82, 2.24) is 20.2 Å². The van der Waals surface area contributed by atoms with E-state index in [-0.39, 0.29) is 42.8 Å². The standard InChI is InChI=1S/C21H27FN4O2/c1-3-4-5-11-23-20(27)10-12-26(15-17-6-8-18(22)9-7-17)21(28)19-14-24-16(2)13-25-19/h6-9,13-14H,3-5,10-12,15H2,1-2H3,(H,23,27). The second-order valence-corrected chi connectivity index (χ2v) is 6.70. The highest BCUT2D eigenvalue weighted by Gasteiger charge is 2.19. The number of unbranched alkanes of at least 4 members (excludes halogenated alkanes) is 2. The SMILES string of the molecule is CCCCCNC(=O)CCN(Cc1ccc(F)cc1)C(=O)c1cnc(C)cn1. The lowest BCUT2D eigenvalue weighted by molar-refractivity contribution is -0.121. The third-order valence-electron chi connectivity index (χ3n) is 4.29. The molecular formula is C21H27FN4O2. The van der Waals surface area contributed by atoms with Gasteiger partial charge in [0.15, 0.2) is 0 Å². The minimum absolute atomic E-state index is 0.0944. The molecule has 0 aliphatic carbocycles. The topological polar surface area (TPSA) is 75.2 Å². The van der Waals surface area contributed by atoms with E-state index in [0.717, 1.165) is 24.8 Å². The second-order valence-electron chi connectivity index (χ2n) is 6.70. The van der Waals surface area contributed by atoms with Crippen LogP contribution in [0, 0.1) is 12.7 Å². The Morgan fingerprint density at radius 1 is 1.11 bits per heavy atom. The van der Waals surface area contributed by atoms with E-state index in [9.17, 15) is 14.0 Å². The molecule has 0 fully saturated rings. The molecule has 7 heteroatoms. The van der Waals surface area contributed by atoms with Crippen LogP contribution in [0.15, 0.2) is 36.7 Å². The van der Waals surface area contributed by atoms with Crippen LogP contribution in [-0.4, -0.2) is 39.8 Å². The highest BCUT2D eigenvalue weighted by atomic mass is 19.1. The van der Waals surface area contributed by atoms with Crippen molar-refractivity contribution < 1.29 is 14.0 Å². The molecule has 0 radical (unpaired) electrons. The summed E-state index contributed by atoms with van der Waals surface area (Å²) in [5, 5.41) is 2.88. The number of carbonyl (C=O) groups excluding carboxylic acids is 2. The lowest BCUT2D eigenvalue weighted by atomic mass is 10.2. The monoisotopic (exact) mass is 386 g/mol. The zero-order valence-corrected chi connectivity index (χ0v) is 16.4. The predicted molar refractivity (Wildman–Crippen MR) is 105 cm³/mol. The summed E-state index contributed by atoms with van der Waals surface area (Å²) in [4.78, 5) is 34.7. The number of rotatable bonds is 10. The molecule has 0 aliphatic rings. The predicted octanol–water partition coefficient (Wildman–Crippen LogP) is 3.26. The molecule has 28 heavy (non-hydrogen) atoms. The van der Waals surface area contributed by atoms with Crippen LogP contribution in [0.5, 0.6) is 0 Å². The van der Waals surface area contributed by atoms with Gasteiger partial charge in [0.1, 0.15) is 11.5 Å². The first-order valence-electron chi connectivity index (χ1n) is 9.58. The largest absolute Gasteiger partial charge is 0.356 e. The van der Waals surface area contributed by atoms with Gasteiger partial charge in [-0.1, -0.05) is 31.9 Å². The van der Waals surface area contributed by atoms with E-state index in [1.807, 2.05) is 0 Å². The molecule has 2 aromatic rings. The van der Waals surface area contributed by atoms with Gasteiger partial charge in [-0.05, 0) is 31.0 Å². The maximum absolute atomic E-state index is 13.2. The third-order valence-corrected chi connectivity index (χ3v) is 4.29. The number of aromatic nitrogens is 2. The Bertz CT molecular complexity index is 763. The number of aryl methyl sites for hydroxylation is 1. The Balaban J connectivity index is 2.02. The molecule has 1 N–H and O–H groups in total. The minimum atomic E-state index is -0.336. The van der Waals surface area contributed by atoms with Crippen molar-refractivity contribution in [2.75, 3.05) is 13.1 Å². The maximum atomic E-state index is 13.2. The summed E-state index contributed by atoms with van der Waals surface area (Å²) < 4.78 is 13.2.